The molecule has 0 radical (unpaired) electrons. The SMILES string of the molecule is O=C(Cc1ccccc1)O[C@@H]1CCCC[C@H]1n1cc(CN2CCC(c3ccccc3)CC2)nn1. The summed E-state index contributed by atoms with van der Waals surface area (Å²) in [6.07, 6.45) is 8.66. The molecule has 2 atom stereocenters. The first-order valence-corrected chi connectivity index (χ1v) is 12.7. The van der Waals surface area contributed by atoms with Gasteiger partial charge in [-0.05, 0) is 62.2 Å². The molecule has 0 unspecified atom stereocenters. The quantitative estimate of drug-likeness (QED) is 0.470. The minimum atomic E-state index is -0.162. The Bertz CT molecular complexity index is 1040. The number of likely N-dealkylation sites (tertiary alicyclic amines) is 1. The molecule has 1 saturated carbocycles. The number of piperidine rings is 1. The van der Waals surface area contributed by atoms with E-state index in [9.17, 15) is 4.79 Å². The minimum absolute atomic E-state index is 0.0681. The van der Waals surface area contributed by atoms with Gasteiger partial charge in [0.2, 0.25) is 0 Å². The predicted molar refractivity (Wildman–Crippen MR) is 131 cm³/mol. The fourth-order valence-corrected chi connectivity index (χ4v) is 5.42. The summed E-state index contributed by atoms with van der Waals surface area (Å²) in [6.45, 7) is 2.98. The van der Waals surface area contributed by atoms with Gasteiger partial charge in [-0.2, -0.15) is 0 Å². The van der Waals surface area contributed by atoms with Gasteiger partial charge in [-0.15, -0.1) is 5.10 Å². The van der Waals surface area contributed by atoms with Crippen LogP contribution in [0.2, 0.25) is 0 Å². The number of carbonyl (C=O) groups excluding carboxylic acids is 1. The van der Waals surface area contributed by atoms with Crippen LogP contribution in [0.3, 0.4) is 0 Å². The molecule has 6 nitrogen and oxygen atoms in total. The fraction of sp³-hybridized carbons (Fsp3) is 0.464. The third kappa shape index (κ3) is 5.73. The Morgan fingerprint density at radius 3 is 2.38 bits per heavy atom. The average Bonchev–Trinajstić information content (AvgIpc) is 3.34. The Morgan fingerprint density at radius 1 is 0.912 bits per heavy atom. The lowest BCUT2D eigenvalue weighted by atomic mass is 9.89. The molecular formula is C28H34N4O2. The van der Waals surface area contributed by atoms with Crippen LogP contribution in [-0.2, 0) is 22.5 Å². The molecule has 1 aliphatic heterocycles. The second kappa shape index (κ2) is 11.0. The number of hydrogen-bond donors (Lipinski definition) is 0. The van der Waals surface area contributed by atoms with E-state index in [0.29, 0.717) is 12.3 Å². The zero-order valence-corrected chi connectivity index (χ0v) is 19.8. The van der Waals surface area contributed by atoms with Crippen LogP contribution in [0.25, 0.3) is 0 Å². The summed E-state index contributed by atoms with van der Waals surface area (Å²) in [5, 5.41) is 8.93. The predicted octanol–water partition coefficient (Wildman–Crippen LogP) is 4.93. The second-order valence-corrected chi connectivity index (χ2v) is 9.69. The molecule has 1 aliphatic carbocycles. The number of ether oxygens (including phenoxy) is 1. The molecule has 0 spiro atoms. The number of carbonyl (C=O) groups is 1. The molecule has 2 aromatic carbocycles. The van der Waals surface area contributed by atoms with Crippen molar-refractivity contribution in [1.29, 1.82) is 0 Å². The molecule has 1 aromatic heterocycles. The molecule has 0 bridgehead atoms. The summed E-state index contributed by atoms with van der Waals surface area (Å²) in [6, 6.07) is 20.7. The molecular weight excluding hydrogens is 424 g/mol. The van der Waals surface area contributed by atoms with E-state index >= 15 is 0 Å². The van der Waals surface area contributed by atoms with Gasteiger partial charge in [0, 0.05) is 6.54 Å². The van der Waals surface area contributed by atoms with Crippen LogP contribution in [-0.4, -0.2) is 45.1 Å². The standard InChI is InChI=1S/C28H34N4O2/c33-28(19-22-9-3-1-4-10-22)34-27-14-8-7-13-26(27)32-21-25(29-30-32)20-31-17-15-24(16-18-31)23-11-5-2-6-12-23/h1-6,9-12,21,24,26-27H,7-8,13-20H2/t26-,27-/m1/s1. The third-order valence-corrected chi connectivity index (χ3v) is 7.28. The van der Waals surface area contributed by atoms with Crippen molar-refractivity contribution < 1.29 is 9.53 Å². The Labute approximate surface area is 201 Å². The number of hydrogen-bond acceptors (Lipinski definition) is 5. The van der Waals surface area contributed by atoms with Crippen molar-refractivity contribution in [2.45, 2.75) is 69.6 Å². The number of aromatic nitrogens is 3. The zero-order valence-electron chi connectivity index (χ0n) is 19.8. The van der Waals surface area contributed by atoms with Crippen LogP contribution >= 0.6 is 0 Å². The van der Waals surface area contributed by atoms with Crippen molar-refractivity contribution in [2.24, 2.45) is 0 Å². The topological polar surface area (TPSA) is 60.2 Å². The Morgan fingerprint density at radius 2 is 1.62 bits per heavy atom. The normalized spacial score (nSPS) is 21.9. The third-order valence-electron chi connectivity index (χ3n) is 7.28. The summed E-state index contributed by atoms with van der Waals surface area (Å²) >= 11 is 0. The monoisotopic (exact) mass is 458 g/mol. The van der Waals surface area contributed by atoms with Gasteiger partial charge in [-0.3, -0.25) is 9.69 Å². The molecule has 34 heavy (non-hydrogen) atoms. The van der Waals surface area contributed by atoms with Gasteiger partial charge in [0.15, 0.2) is 0 Å². The van der Waals surface area contributed by atoms with Crippen molar-refractivity contribution in [3.63, 3.8) is 0 Å². The van der Waals surface area contributed by atoms with Crippen LogP contribution in [0, 0.1) is 0 Å². The highest BCUT2D eigenvalue weighted by molar-refractivity contribution is 5.72. The molecule has 2 fully saturated rings. The van der Waals surface area contributed by atoms with E-state index in [-0.39, 0.29) is 18.1 Å². The van der Waals surface area contributed by atoms with Crippen LogP contribution in [0.5, 0.6) is 0 Å². The van der Waals surface area contributed by atoms with E-state index < -0.39 is 0 Å². The molecule has 5 rings (SSSR count). The van der Waals surface area contributed by atoms with E-state index in [4.69, 9.17) is 4.74 Å². The first-order chi connectivity index (χ1) is 16.7. The van der Waals surface area contributed by atoms with Crippen molar-refractivity contribution in [1.82, 2.24) is 19.9 Å². The first kappa shape index (κ1) is 22.8. The highest BCUT2D eigenvalue weighted by Gasteiger charge is 2.31. The van der Waals surface area contributed by atoms with Crippen LogP contribution < -0.4 is 0 Å². The fourth-order valence-electron chi connectivity index (χ4n) is 5.42. The van der Waals surface area contributed by atoms with Crippen LogP contribution in [0.1, 0.15) is 67.3 Å². The number of rotatable bonds is 7. The van der Waals surface area contributed by atoms with Crippen LogP contribution in [0.4, 0.5) is 0 Å². The van der Waals surface area contributed by atoms with Gasteiger partial charge >= 0.3 is 5.97 Å². The first-order valence-electron chi connectivity index (χ1n) is 12.7. The lowest BCUT2D eigenvalue weighted by Crippen LogP contribution is -2.33. The molecule has 0 N–H and O–H groups in total. The van der Waals surface area contributed by atoms with E-state index in [1.807, 2.05) is 35.0 Å². The van der Waals surface area contributed by atoms with E-state index in [1.54, 1.807) is 0 Å². The Balaban J connectivity index is 1.16. The van der Waals surface area contributed by atoms with Gasteiger partial charge in [0.1, 0.15) is 6.10 Å². The number of benzene rings is 2. The van der Waals surface area contributed by atoms with Crippen molar-refractivity contribution in [3.8, 4) is 0 Å². The molecule has 0 amide bonds. The van der Waals surface area contributed by atoms with Gasteiger partial charge < -0.3 is 4.74 Å². The lowest BCUT2D eigenvalue weighted by Gasteiger charge is -2.32. The highest BCUT2D eigenvalue weighted by Crippen LogP contribution is 2.31. The highest BCUT2D eigenvalue weighted by atomic mass is 16.5. The Hall–Kier alpha value is -2.99. The number of esters is 1. The average molecular weight is 459 g/mol. The molecule has 2 aliphatic rings. The lowest BCUT2D eigenvalue weighted by molar-refractivity contribution is -0.152. The van der Waals surface area contributed by atoms with Crippen molar-refractivity contribution in [2.75, 3.05) is 13.1 Å². The maximum Gasteiger partial charge on any atom is 0.310 e. The maximum atomic E-state index is 12.6. The zero-order chi connectivity index (χ0) is 23.2. The molecule has 2 heterocycles. The summed E-state index contributed by atoms with van der Waals surface area (Å²) in [5.74, 6) is 0.492. The summed E-state index contributed by atoms with van der Waals surface area (Å²) in [7, 11) is 0. The van der Waals surface area contributed by atoms with Gasteiger partial charge in [-0.25, -0.2) is 4.68 Å². The summed E-state index contributed by atoms with van der Waals surface area (Å²) in [4.78, 5) is 15.1. The van der Waals surface area contributed by atoms with Gasteiger partial charge in [-0.1, -0.05) is 72.3 Å². The van der Waals surface area contributed by atoms with Crippen molar-refractivity contribution >= 4 is 5.97 Å². The minimum Gasteiger partial charge on any atom is -0.460 e. The molecule has 178 valence electrons. The summed E-state index contributed by atoms with van der Waals surface area (Å²) in [5.41, 5.74) is 3.44. The van der Waals surface area contributed by atoms with E-state index in [2.05, 4.69) is 51.7 Å². The van der Waals surface area contributed by atoms with Crippen LogP contribution in [0.15, 0.2) is 66.9 Å². The second-order valence-electron chi connectivity index (χ2n) is 9.69. The van der Waals surface area contributed by atoms with Crippen molar-refractivity contribution in [3.05, 3.63) is 83.7 Å². The van der Waals surface area contributed by atoms with E-state index in [0.717, 1.165) is 56.6 Å². The Kier molecular flexibility index (Phi) is 7.34. The molecule has 3 aromatic rings. The largest absolute Gasteiger partial charge is 0.460 e. The molecule has 6 heteroatoms. The van der Waals surface area contributed by atoms with Gasteiger partial charge in [0.05, 0.1) is 24.4 Å². The van der Waals surface area contributed by atoms with Gasteiger partial charge in [0.25, 0.3) is 0 Å². The smallest absolute Gasteiger partial charge is 0.310 e. The summed E-state index contributed by atoms with van der Waals surface area (Å²) < 4.78 is 7.89. The number of nitrogens with zero attached hydrogens (tertiary/aromatic N) is 4. The molecule has 1 saturated heterocycles. The van der Waals surface area contributed by atoms with E-state index in [1.165, 1.54) is 18.4 Å². The maximum absolute atomic E-state index is 12.6.